The molecule has 1 heterocycles. The van der Waals surface area contributed by atoms with Gasteiger partial charge in [0.15, 0.2) is 6.29 Å². The van der Waals surface area contributed by atoms with Crippen LogP contribution in [0.1, 0.15) is 13.8 Å². The molecule has 0 fully saturated rings. The number of nitrogens with two attached hydrogens (primary N) is 1. The van der Waals surface area contributed by atoms with Crippen LogP contribution < -0.4 is 5.73 Å². The number of nitrogens with zero attached hydrogens (tertiary/aromatic N) is 3. The van der Waals surface area contributed by atoms with Gasteiger partial charge >= 0.3 is 0 Å². The minimum absolute atomic E-state index is 0.0833. The van der Waals surface area contributed by atoms with Gasteiger partial charge in [-0.3, -0.25) is 10.7 Å². The maximum Gasteiger partial charge on any atom is 0.171 e. The average molecular weight is 142 g/mol. The van der Waals surface area contributed by atoms with E-state index < -0.39 is 0 Å². The van der Waals surface area contributed by atoms with Crippen LogP contribution in [-0.4, -0.2) is 35.6 Å². The van der Waals surface area contributed by atoms with Crippen LogP contribution >= 0.6 is 0 Å². The van der Waals surface area contributed by atoms with Crippen LogP contribution in [0.2, 0.25) is 0 Å². The Morgan fingerprint density at radius 1 is 1.60 bits per heavy atom. The summed E-state index contributed by atoms with van der Waals surface area (Å²) >= 11 is 0. The molecule has 10 heavy (non-hydrogen) atoms. The molecule has 0 saturated heterocycles. The first-order valence-electron chi connectivity index (χ1n) is 3.43. The van der Waals surface area contributed by atoms with Crippen molar-refractivity contribution in [2.75, 3.05) is 7.05 Å². The Labute approximate surface area is 61.3 Å². The highest BCUT2D eigenvalue weighted by Gasteiger charge is 2.22. The van der Waals surface area contributed by atoms with E-state index in [2.05, 4.69) is 18.9 Å². The Bertz CT molecular complexity index is 143. The minimum atomic E-state index is -0.0833. The third-order valence-corrected chi connectivity index (χ3v) is 1.58. The van der Waals surface area contributed by atoms with Crippen LogP contribution in [0, 0.1) is 0 Å². The molecule has 0 amide bonds. The van der Waals surface area contributed by atoms with E-state index >= 15 is 0 Å². The Hall–Kier alpha value is -0.770. The zero-order valence-electron chi connectivity index (χ0n) is 6.65. The molecule has 1 rings (SSSR count). The normalized spacial score (nSPS) is 25.1. The fourth-order valence-corrected chi connectivity index (χ4v) is 0.903. The lowest BCUT2D eigenvalue weighted by Gasteiger charge is -2.27. The molecule has 0 bridgehead atoms. The van der Waals surface area contributed by atoms with Crippen molar-refractivity contribution < 1.29 is 0 Å². The third kappa shape index (κ3) is 1.07. The minimum Gasteiger partial charge on any atom is -0.330 e. The van der Waals surface area contributed by atoms with Crippen LogP contribution in [0.5, 0.6) is 0 Å². The van der Waals surface area contributed by atoms with Gasteiger partial charge in [-0.2, -0.15) is 5.10 Å². The lowest BCUT2D eigenvalue weighted by Crippen LogP contribution is -2.47. The number of rotatable bonds is 1. The van der Waals surface area contributed by atoms with Crippen molar-refractivity contribution >= 4 is 6.34 Å². The summed E-state index contributed by atoms with van der Waals surface area (Å²) in [6.45, 7) is 4.13. The lowest BCUT2D eigenvalue weighted by atomic mass is 10.4. The number of hydrogen-bond acceptors (Lipinski definition) is 4. The van der Waals surface area contributed by atoms with Crippen molar-refractivity contribution in [2.24, 2.45) is 10.8 Å². The lowest BCUT2D eigenvalue weighted by molar-refractivity contribution is 0.118. The van der Waals surface area contributed by atoms with Gasteiger partial charge in [-0.15, -0.1) is 0 Å². The van der Waals surface area contributed by atoms with Crippen molar-refractivity contribution in [3.8, 4) is 0 Å². The molecule has 0 spiro atoms. The molecule has 1 aliphatic heterocycles. The molecular weight excluding hydrogens is 128 g/mol. The fourth-order valence-electron chi connectivity index (χ4n) is 0.903. The van der Waals surface area contributed by atoms with Crippen LogP contribution in [0.3, 0.4) is 0 Å². The number of hydrogen-bond donors (Lipinski definition) is 1. The first-order chi connectivity index (χ1) is 4.63. The topological polar surface area (TPSA) is 44.9 Å². The molecule has 1 atom stereocenters. The van der Waals surface area contributed by atoms with E-state index in [-0.39, 0.29) is 6.29 Å². The second kappa shape index (κ2) is 2.46. The van der Waals surface area contributed by atoms with Gasteiger partial charge in [0.25, 0.3) is 0 Å². The Kier molecular flexibility index (Phi) is 1.80. The Morgan fingerprint density at radius 3 is 2.40 bits per heavy atom. The molecule has 4 nitrogen and oxygen atoms in total. The highest BCUT2D eigenvalue weighted by atomic mass is 15.6. The van der Waals surface area contributed by atoms with Crippen molar-refractivity contribution in [2.45, 2.75) is 26.2 Å². The highest BCUT2D eigenvalue weighted by molar-refractivity contribution is 5.56. The van der Waals surface area contributed by atoms with Gasteiger partial charge in [0.1, 0.15) is 6.34 Å². The summed E-state index contributed by atoms with van der Waals surface area (Å²) in [5, 5.41) is 5.97. The SMILES string of the molecule is CC(C)N1N=CN(C)C1N. The van der Waals surface area contributed by atoms with Gasteiger partial charge in [-0.25, -0.2) is 0 Å². The molecule has 0 aromatic carbocycles. The van der Waals surface area contributed by atoms with E-state index in [9.17, 15) is 0 Å². The van der Waals surface area contributed by atoms with Gasteiger partial charge in [-0.1, -0.05) is 0 Å². The first-order valence-corrected chi connectivity index (χ1v) is 3.43. The first kappa shape index (κ1) is 7.34. The van der Waals surface area contributed by atoms with Crippen LogP contribution in [-0.2, 0) is 0 Å². The van der Waals surface area contributed by atoms with Crippen molar-refractivity contribution in [3.05, 3.63) is 0 Å². The molecule has 0 aliphatic carbocycles. The van der Waals surface area contributed by atoms with Gasteiger partial charge < -0.3 is 4.90 Å². The third-order valence-electron chi connectivity index (χ3n) is 1.58. The molecule has 1 aliphatic rings. The predicted molar refractivity (Wildman–Crippen MR) is 41.2 cm³/mol. The zero-order chi connectivity index (χ0) is 7.72. The maximum atomic E-state index is 5.75. The molecule has 0 aromatic heterocycles. The second-order valence-electron chi connectivity index (χ2n) is 2.78. The van der Waals surface area contributed by atoms with E-state index in [1.165, 1.54) is 0 Å². The van der Waals surface area contributed by atoms with Gasteiger partial charge in [0.05, 0.1) is 0 Å². The van der Waals surface area contributed by atoms with Crippen molar-refractivity contribution in [1.82, 2.24) is 9.91 Å². The number of hydrazone groups is 1. The molecule has 58 valence electrons. The summed E-state index contributed by atoms with van der Waals surface area (Å²) in [7, 11) is 1.91. The molecule has 0 saturated carbocycles. The highest BCUT2D eigenvalue weighted by Crippen LogP contribution is 2.08. The average Bonchev–Trinajstić information content (AvgIpc) is 2.14. The van der Waals surface area contributed by atoms with E-state index in [4.69, 9.17) is 5.73 Å². The summed E-state index contributed by atoms with van der Waals surface area (Å²) in [5.74, 6) is 0. The van der Waals surface area contributed by atoms with Crippen LogP contribution in [0.4, 0.5) is 0 Å². The van der Waals surface area contributed by atoms with Gasteiger partial charge in [0, 0.05) is 13.1 Å². The van der Waals surface area contributed by atoms with Crippen LogP contribution in [0.15, 0.2) is 5.10 Å². The summed E-state index contributed by atoms with van der Waals surface area (Å²) in [5.41, 5.74) is 5.75. The summed E-state index contributed by atoms with van der Waals surface area (Å²) in [6, 6.07) is 0.371. The largest absolute Gasteiger partial charge is 0.330 e. The van der Waals surface area contributed by atoms with E-state index in [0.29, 0.717) is 6.04 Å². The monoisotopic (exact) mass is 142 g/mol. The summed E-state index contributed by atoms with van der Waals surface area (Å²) in [4.78, 5) is 1.88. The summed E-state index contributed by atoms with van der Waals surface area (Å²) in [6.07, 6.45) is 1.66. The molecule has 4 heteroatoms. The molecule has 0 radical (unpaired) electrons. The van der Waals surface area contributed by atoms with Gasteiger partial charge in [0.2, 0.25) is 0 Å². The zero-order valence-corrected chi connectivity index (χ0v) is 6.65. The molecule has 2 N–H and O–H groups in total. The Balaban J connectivity index is 2.58. The maximum absolute atomic E-state index is 5.75. The standard InChI is InChI=1S/C6H14N4/c1-5(2)10-6(7)9(3)4-8-10/h4-6H,7H2,1-3H3. The van der Waals surface area contributed by atoms with Crippen molar-refractivity contribution in [1.29, 1.82) is 0 Å². The van der Waals surface area contributed by atoms with E-state index in [0.717, 1.165) is 0 Å². The van der Waals surface area contributed by atoms with Crippen LogP contribution in [0.25, 0.3) is 0 Å². The van der Waals surface area contributed by atoms with E-state index in [1.807, 2.05) is 17.0 Å². The quantitative estimate of drug-likeness (QED) is 0.552. The second-order valence-corrected chi connectivity index (χ2v) is 2.78. The Morgan fingerprint density at radius 2 is 2.20 bits per heavy atom. The molecule has 1 unspecified atom stereocenters. The molecular formula is C6H14N4. The fraction of sp³-hybridized carbons (Fsp3) is 0.833. The van der Waals surface area contributed by atoms with Gasteiger partial charge in [-0.05, 0) is 13.8 Å². The summed E-state index contributed by atoms with van der Waals surface area (Å²) < 4.78 is 0. The van der Waals surface area contributed by atoms with E-state index in [1.54, 1.807) is 6.34 Å². The van der Waals surface area contributed by atoms with Crippen molar-refractivity contribution in [3.63, 3.8) is 0 Å². The predicted octanol–water partition coefficient (Wildman–Crippen LogP) is -0.172. The smallest absolute Gasteiger partial charge is 0.171 e. The molecule has 0 aromatic rings.